The summed E-state index contributed by atoms with van der Waals surface area (Å²) < 4.78 is 25.5. The molecule has 0 aliphatic heterocycles. The van der Waals surface area contributed by atoms with Crippen molar-refractivity contribution in [3.8, 4) is 0 Å². The fourth-order valence-corrected chi connectivity index (χ4v) is 2.51. The van der Waals surface area contributed by atoms with Crippen LogP contribution in [0.25, 0.3) is 0 Å². The molecular weight excluding hydrogens is 226 g/mol. The topological polar surface area (TPSA) is 66.4 Å². The molecule has 5 heteroatoms. The first-order chi connectivity index (χ1) is 7.24. The standard InChI is InChI=1S/C11H25NO3S/c1-9(2)6-8-16(14,15)12-7-5-11(13)10(3)4/h9-13H,5-8H2,1-4H3. The van der Waals surface area contributed by atoms with Crippen molar-refractivity contribution in [1.29, 1.82) is 0 Å². The summed E-state index contributed by atoms with van der Waals surface area (Å²) in [6.07, 6.45) is 0.702. The van der Waals surface area contributed by atoms with Gasteiger partial charge in [0.2, 0.25) is 10.0 Å². The average Bonchev–Trinajstić information content (AvgIpc) is 2.14. The number of hydrogen-bond donors (Lipinski definition) is 2. The predicted molar refractivity (Wildman–Crippen MR) is 66.7 cm³/mol. The Morgan fingerprint density at radius 2 is 1.69 bits per heavy atom. The zero-order valence-corrected chi connectivity index (χ0v) is 11.5. The Hall–Kier alpha value is -0.130. The van der Waals surface area contributed by atoms with Crippen molar-refractivity contribution >= 4 is 10.0 Å². The molecule has 0 aliphatic rings. The van der Waals surface area contributed by atoms with Crippen molar-refractivity contribution in [1.82, 2.24) is 4.72 Å². The molecule has 0 aromatic rings. The van der Waals surface area contributed by atoms with Crippen LogP contribution in [-0.4, -0.2) is 31.9 Å². The minimum absolute atomic E-state index is 0.167. The van der Waals surface area contributed by atoms with Crippen LogP contribution in [0.5, 0.6) is 0 Å². The lowest BCUT2D eigenvalue weighted by Crippen LogP contribution is -2.31. The van der Waals surface area contributed by atoms with Gasteiger partial charge in [0.1, 0.15) is 0 Å². The van der Waals surface area contributed by atoms with E-state index in [1.54, 1.807) is 0 Å². The molecule has 0 fully saturated rings. The third kappa shape index (κ3) is 8.07. The van der Waals surface area contributed by atoms with E-state index in [1.807, 2.05) is 27.7 Å². The Bertz CT molecular complexity index is 273. The van der Waals surface area contributed by atoms with Crippen LogP contribution in [0, 0.1) is 11.8 Å². The molecule has 0 aliphatic carbocycles. The zero-order chi connectivity index (χ0) is 12.8. The quantitative estimate of drug-likeness (QED) is 0.684. The lowest BCUT2D eigenvalue weighted by molar-refractivity contribution is 0.118. The number of nitrogens with one attached hydrogen (secondary N) is 1. The molecule has 16 heavy (non-hydrogen) atoms. The van der Waals surface area contributed by atoms with E-state index >= 15 is 0 Å². The third-order valence-electron chi connectivity index (χ3n) is 2.50. The summed E-state index contributed by atoms with van der Waals surface area (Å²) in [5, 5.41) is 9.51. The van der Waals surface area contributed by atoms with Crippen molar-refractivity contribution in [2.45, 2.75) is 46.6 Å². The van der Waals surface area contributed by atoms with Crippen LogP contribution in [0.3, 0.4) is 0 Å². The summed E-state index contributed by atoms with van der Waals surface area (Å²) in [7, 11) is -3.16. The van der Waals surface area contributed by atoms with Gasteiger partial charge in [-0.2, -0.15) is 0 Å². The fraction of sp³-hybridized carbons (Fsp3) is 1.00. The molecule has 0 bridgehead atoms. The van der Waals surface area contributed by atoms with Gasteiger partial charge in [-0.3, -0.25) is 0 Å². The van der Waals surface area contributed by atoms with Gasteiger partial charge in [0.25, 0.3) is 0 Å². The smallest absolute Gasteiger partial charge is 0.211 e. The van der Waals surface area contributed by atoms with Gasteiger partial charge in [-0.25, -0.2) is 13.1 Å². The van der Waals surface area contributed by atoms with E-state index in [-0.39, 0.29) is 11.7 Å². The summed E-state index contributed by atoms with van der Waals surface area (Å²) in [5.74, 6) is 0.723. The number of hydrogen-bond acceptors (Lipinski definition) is 3. The van der Waals surface area contributed by atoms with Crippen LogP contribution in [0.4, 0.5) is 0 Å². The molecule has 0 radical (unpaired) electrons. The van der Waals surface area contributed by atoms with E-state index in [2.05, 4.69) is 4.72 Å². The minimum atomic E-state index is -3.16. The molecule has 0 aromatic heterocycles. The summed E-state index contributed by atoms with van der Waals surface area (Å²) in [6.45, 7) is 8.14. The molecule has 4 nitrogen and oxygen atoms in total. The van der Waals surface area contributed by atoms with Gasteiger partial charge in [0.15, 0.2) is 0 Å². The summed E-state index contributed by atoms with van der Waals surface area (Å²) >= 11 is 0. The fourth-order valence-electron chi connectivity index (χ4n) is 1.16. The Balaban J connectivity index is 3.83. The second-order valence-electron chi connectivity index (χ2n) is 5.00. The highest BCUT2D eigenvalue weighted by molar-refractivity contribution is 7.89. The van der Waals surface area contributed by atoms with Crippen molar-refractivity contribution < 1.29 is 13.5 Å². The lowest BCUT2D eigenvalue weighted by atomic mass is 10.1. The number of rotatable bonds is 8. The molecule has 2 N–H and O–H groups in total. The maximum absolute atomic E-state index is 11.5. The zero-order valence-electron chi connectivity index (χ0n) is 10.7. The summed E-state index contributed by atoms with van der Waals surface area (Å²) in [6, 6.07) is 0. The Kier molecular flexibility index (Phi) is 7.19. The monoisotopic (exact) mass is 251 g/mol. The van der Waals surface area contributed by atoms with Gasteiger partial charge in [-0.05, 0) is 24.7 Å². The molecule has 0 saturated carbocycles. The molecule has 1 unspecified atom stereocenters. The molecular formula is C11H25NO3S. The highest BCUT2D eigenvalue weighted by Crippen LogP contribution is 2.05. The van der Waals surface area contributed by atoms with Gasteiger partial charge >= 0.3 is 0 Å². The second kappa shape index (κ2) is 7.25. The Morgan fingerprint density at radius 3 is 2.12 bits per heavy atom. The van der Waals surface area contributed by atoms with E-state index in [9.17, 15) is 13.5 Å². The molecule has 0 rings (SSSR count). The largest absolute Gasteiger partial charge is 0.393 e. The van der Waals surface area contributed by atoms with Crippen molar-refractivity contribution in [2.75, 3.05) is 12.3 Å². The predicted octanol–water partition coefficient (Wildman–Crippen LogP) is 1.36. The maximum Gasteiger partial charge on any atom is 0.211 e. The van der Waals surface area contributed by atoms with Gasteiger partial charge in [-0.15, -0.1) is 0 Å². The van der Waals surface area contributed by atoms with E-state index in [0.717, 1.165) is 0 Å². The normalized spacial score (nSPS) is 14.7. The Morgan fingerprint density at radius 1 is 1.12 bits per heavy atom. The third-order valence-corrected chi connectivity index (χ3v) is 3.91. The van der Waals surface area contributed by atoms with Gasteiger partial charge in [0.05, 0.1) is 11.9 Å². The molecule has 0 heterocycles. The lowest BCUT2D eigenvalue weighted by Gasteiger charge is -2.14. The number of sulfonamides is 1. The number of aliphatic hydroxyl groups is 1. The highest BCUT2D eigenvalue weighted by atomic mass is 32.2. The van der Waals surface area contributed by atoms with Crippen molar-refractivity contribution in [3.63, 3.8) is 0 Å². The van der Waals surface area contributed by atoms with Crippen molar-refractivity contribution in [3.05, 3.63) is 0 Å². The maximum atomic E-state index is 11.5. The molecule has 0 spiro atoms. The molecule has 1 atom stereocenters. The first kappa shape index (κ1) is 15.9. The van der Waals surface area contributed by atoms with Gasteiger partial charge < -0.3 is 5.11 Å². The van der Waals surface area contributed by atoms with Crippen LogP contribution >= 0.6 is 0 Å². The summed E-state index contributed by atoms with van der Waals surface area (Å²) in [4.78, 5) is 0. The molecule has 98 valence electrons. The van der Waals surface area contributed by atoms with Crippen molar-refractivity contribution in [2.24, 2.45) is 11.8 Å². The van der Waals surface area contributed by atoms with E-state index in [0.29, 0.717) is 25.3 Å². The van der Waals surface area contributed by atoms with Crippen LogP contribution < -0.4 is 4.72 Å². The highest BCUT2D eigenvalue weighted by Gasteiger charge is 2.13. The minimum Gasteiger partial charge on any atom is -0.393 e. The number of aliphatic hydroxyl groups excluding tert-OH is 1. The van der Waals surface area contributed by atoms with Crippen LogP contribution in [-0.2, 0) is 10.0 Å². The van der Waals surface area contributed by atoms with E-state index in [4.69, 9.17) is 0 Å². The van der Waals surface area contributed by atoms with Gasteiger partial charge in [0, 0.05) is 6.54 Å². The second-order valence-corrected chi connectivity index (χ2v) is 6.92. The van der Waals surface area contributed by atoms with Crippen LogP contribution in [0.2, 0.25) is 0 Å². The van der Waals surface area contributed by atoms with E-state index in [1.165, 1.54) is 0 Å². The molecule has 0 saturated heterocycles. The molecule has 0 aromatic carbocycles. The van der Waals surface area contributed by atoms with Crippen LogP contribution in [0.1, 0.15) is 40.5 Å². The van der Waals surface area contributed by atoms with Gasteiger partial charge in [-0.1, -0.05) is 27.7 Å². The van der Waals surface area contributed by atoms with Crippen LogP contribution in [0.15, 0.2) is 0 Å². The first-order valence-electron chi connectivity index (χ1n) is 5.90. The van der Waals surface area contributed by atoms with E-state index < -0.39 is 16.1 Å². The summed E-state index contributed by atoms with van der Waals surface area (Å²) in [5.41, 5.74) is 0. The first-order valence-corrected chi connectivity index (χ1v) is 7.55. The SMILES string of the molecule is CC(C)CCS(=O)(=O)NCCC(O)C(C)C. The molecule has 0 amide bonds. The average molecular weight is 251 g/mol. The Labute approximate surface area is 99.5 Å².